The molecule has 2 aliphatic heterocycles. The smallest absolute Gasteiger partial charge is 0.270 e. The number of nitrogens with zero attached hydrogens (tertiary/aromatic N) is 4. The number of carbonyl (C=O) groups is 1. The van der Waals surface area contributed by atoms with Gasteiger partial charge >= 0.3 is 0 Å². The topological polar surface area (TPSA) is 103 Å². The van der Waals surface area contributed by atoms with Gasteiger partial charge in [0.1, 0.15) is 0 Å². The van der Waals surface area contributed by atoms with Crippen molar-refractivity contribution >= 4 is 57.6 Å². The predicted octanol–water partition coefficient (Wildman–Crippen LogP) is 4.53. The van der Waals surface area contributed by atoms with Crippen molar-refractivity contribution in [2.45, 2.75) is 6.54 Å². The van der Waals surface area contributed by atoms with E-state index in [4.69, 9.17) is 28.6 Å². The standard InChI is InChI=1S/C29H31ClN6O4S/c30-26-4-2-1-3-21(26)20-33-11-13-34(14-12-33)23-7-5-22(6-8-23)31-29(41)32-28(37)25-19-24(36(38)39)9-10-27(25)35-15-17-40-18-16-35/h1-10,19H,11-18,20H2,(H2,31,32,37,41). The van der Waals surface area contributed by atoms with Crippen LogP contribution < -0.4 is 20.4 Å². The second kappa shape index (κ2) is 13.3. The molecule has 0 saturated carbocycles. The van der Waals surface area contributed by atoms with E-state index in [1.54, 1.807) is 6.07 Å². The first-order valence-electron chi connectivity index (χ1n) is 13.4. The number of nitro benzene ring substituents is 1. The van der Waals surface area contributed by atoms with E-state index in [1.807, 2.05) is 47.4 Å². The first kappa shape index (κ1) is 28.7. The Hall–Kier alpha value is -3.77. The second-order valence-electron chi connectivity index (χ2n) is 9.87. The summed E-state index contributed by atoms with van der Waals surface area (Å²) in [5, 5.41) is 18.0. The molecule has 0 aromatic heterocycles. The third-order valence-corrected chi connectivity index (χ3v) is 7.80. The molecule has 3 aromatic rings. The number of rotatable bonds is 7. The van der Waals surface area contributed by atoms with E-state index in [0.717, 1.165) is 54.7 Å². The summed E-state index contributed by atoms with van der Waals surface area (Å²) in [6.07, 6.45) is 0. The maximum absolute atomic E-state index is 13.2. The number of hydrogen-bond donors (Lipinski definition) is 2. The number of ether oxygens (including phenoxy) is 1. The van der Waals surface area contributed by atoms with Crippen LogP contribution in [0.5, 0.6) is 0 Å². The van der Waals surface area contributed by atoms with E-state index in [9.17, 15) is 14.9 Å². The molecule has 0 radical (unpaired) electrons. The summed E-state index contributed by atoms with van der Waals surface area (Å²) in [6.45, 7) is 6.73. The van der Waals surface area contributed by atoms with E-state index >= 15 is 0 Å². The lowest BCUT2D eigenvalue weighted by Crippen LogP contribution is -2.46. The number of piperazine rings is 1. The lowest BCUT2D eigenvalue weighted by Gasteiger charge is -2.36. The number of non-ortho nitro benzene ring substituents is 1. The molecule has 2 aliphatic rings. The van der Waals surface area contributed by atoms with Crippen molar-refractivity contribution in [2.75, 3.05) is 67.6 Å². The quantitative estimate of drug-likeness (QED) is 0.232. The molecule has 41 heavy (non-hydrogen) atoms. The molecular weight excluding hydrogens is 564 g/mol. The Balaban J connectivity index is 1.16. The molecule has 10 nitrogen and oxygen atoms in total. The molecule has 3 aromatic carbocycles. The van der Waals surface area contributed by atoms with Crippen LogP contribution in [0.3, 0.4) is 0 Å². The van der Waals surface area contributed by atoms with Crippen molar-refractivity contribution in [2.24, 2.45) is 0 Å². The van der Waals surface area contributed by atoms with Gasteiger partial charge in [0.2, 0.25) is 0 Å². The lowest BCUT2D eigenvalue weighted by atomic mass is 10.1. The number of halogens is 1. The molecule has 1 amide bonds. The van der Waals surface area contributed by atoms with E-state index < -0.39 is 10.8 Å². The summed E-state index contributed by atoms with van der Waals surface area (Å²) in [4.78, 5) is 30.7. The molecule has 214 valence electrons. The fraction of sp³-hybridized carbons (Fsp3) is 0.310. The van der Waals surface area contributed by atoms with Crippen molar-refractivity contribution in [3.8, 4) is 0 Å². The highest BCUT2D eigenvalue weighted by molar-refractivity contribution is 7.80. The second-order valence-corrected chi connectivity index (χ2v) is 10.7. The van der Waals surface area contributed by atoms with Gasteiger partial charge in [0.25, 0.3) is 11.6 Å². The Morgan fingerprint density at radius 2 is 1.66 bits per heavy atom. The highest BCUT2D eigenvalue weighted by atomic mass is 35.5. The third kappa shape index (κ3) is 7.31. The number of carbonyl (C=O) groups excluding carboxylic acids is 1. The van der Waals surface area contributed by atoms with Gasteiger partial charge in [0.05, 0.1) is 29.4 Å². The fourth-order valence-electron chi connectivity index (χ4n) is 5.02. The number of amides is 1. The van der Waals surface area contributed by atoms with Gasteiger partial charge in [-0.15, -0.1) is 0 Å². The minimum absolute atomic E-state index is 0.107. The van der Waals surface area contributed by atoms with Crippen LogP contribution in [0.2, 0.25) is 5.02 Å². The van der Waals surface area contributed by atoms with Gasteiger partial charge in [-0.05, 0) is 54.2 Å². The summed E-state index contributed by atoms with van der Waals surface area (Å²) in [6, 6.07) is 20.1. The Bertz CT molecular complexity index is 1410. The molecule has 0 unspecified atom stereocenters. The van der Waals surface area contributed by atoms with Gasteiger partial charge in [-0.3, -0.25) is 25.1 Å². The van der Waals surface area contributed by atoms with Crippen molar-refractivity contribution in [3.05, 3.63) is 93.0 Å². The number of anilines is 3. The zero-order chi connectivity index (χ0) is 28.8. The van der Waals surface area contributed by atoms with Crippen LogP contribution in [0.15, 0.2) is 66.7 Å². The van der Waals surface area contributed by atoms with Gasteiger partial charge < -0.3 is 19.9 Å². The number of nitrogens with one attached hydrogen (secondary N) is 2. The summed E-state index contributed by atoms with van der Waals surface area (Å²) >= 11 is 11.7. The van der Waals surface area contributed by atoms with Crippen LogP contribution in [0, 0.1) is 10.1 Å². The molecule has 2 N–H and O–H groups in total. The minimum atomic E-state index is -0.517. The number of benzene rings is 3. The van der Waals surface area contributed by atoms with E-state index in [0.29, 0.717) is 32.0 Å². The molecule has 0 bridgehead atoms. The van der Waals surface area contributed by atoms with Crippen molar-refractivity contribution in [1.82, 2.24) is 10.2 Å². The Morgan fingerprint density at radius 3 is 2.34 bits per heavy atom. The maximum Gasteiger partial charge on any atom is 0.270 e. The van der Waals surface area contributed by atoms with Crippen LogP contribution in [0.4, 0.5) is 22.7 Å². The minimum Gasteiger partial charge on any atom is -0.378 e. The molecule has 2 saturated heterocycles. The molecule has 2 heterocycles. The summed E-state index contributed by atoms with van der Waals surface area (Å²) < 4.78 is 5.40. The van der Waals surface area contributed by atoms with Crippen molar-refractivity contribution in [1.29, 1.82) is 0 Å². The zero-order valence-electron chi connectivity index (χ0n) is 22.4. The van der Waals surface area contributed by atoms with E-state index in [-0.39, 0.29) is 16.4 Å². The van der Waals surface area contributed by atoms with Crippen LogP contribution in [-0.2, 0) is 11.3 Å². The maximum atomic E-state index is 13.2. The largest absolute Gasteiger partial charge is 0.378 e. The number of morpholine rings is 1. The first-order chi connectivity index (χ1) is 19.9. The van der Waals surface area contributed by atoms with Gasteiger partial charge in [0, 0.05) is 74.3 Å². The highest BCUT2D eigenvalue weighted by Crippen LogP contribution is 2.27. The predicted molar refractivity (Wildman–Crippen MR) is 165 cm³/mol. The molecule has 5 rings (SSSR count). The van der Waals surface area contributed by atoms with Crippen LogP contribution in [0.1, 0.15) is 15.9 Å². The Morgan fingerprint density at radius 1 is 0.951 bits per heavy atom. The molecule has 0 aliphatic carbocycles. The SMILES string of the molecule is O=C(NC(=S)Nc1ccc(N2CCN(Cc3ccccc3Cl)CC2)cc1)c1cc([N+](=O)[O-])ccc1N1CCOCC1. The fourth-order valence-corrected chi connectivity index (χ4v) is 5.43. The average Bonchev–Trinajstić information content (AvgIpc) is 2.99. The zero-order valence-corrected chi connectivity index (χ0v) is 24.0. The van der Waals surface area contributed by atoms with Gasteiger partial charge in [-0.2, -0.15) is 0 Å². The van der Waals surface area contributed by atoms with E-state index in [2.05, 4.69) is 26.5 Å². The molecule has 0 atom stereocenters. The van der Waals surface area contributed by atoms with Crippen molar-refractivity contribution in [3.63, 3.8) is 0 Å². The summed E-state index contributed by atoms with van der Waals surface area (Å²) in [7, 11) is 0. The average molecular weight is 595 g/mol. The van der Waals surface area contributed by atoms with Crippen molar-refractivity contribution < 1.29 is 14.5 Å². The highest BCUT2D eigenvalue weighted by Gasteiger charge is 2.23. The summed E-state index contributed by atoms with van der Waals surface area (Å²) in [5.41, 5.74) is 3.61. The van der Waals surface area contributed by atoms with E-state index in [1.165, 1.54) is 12.1 Å². The van der Waals surface area contributed by atoms with Gasteiger partial charge in [0.15, 0.2) is 5.11 Å². The normalized spacial score (nSPS) is 15.8. The first-order valence-corrected chi connectivity index (χ1v) is 14.2. The summed E-state index contributed by atoms with van der Waals surface area (Å²) in [5.74, 6) is -0.515. The molecule has 12 heteroatoms. The molecule has 0 spiro atoms. The lowest BCUT2D eigenvalue weighted by molar-refractivity contribution is -0.384. The third-order valence-electron chi connectivity index (χ3n) is 7.23. The van der Waals surface area contributed by atoms with Gasteiger partial charge in [-0.25, -0.2) is 0 Å². The van der Waals surface area contributed by atoms with Crippen LogP contribution >= 0.6 is 23.8 Å². The van der Waals surface area contributed by atoms with Crippen LogP contribution in [-0.4, -0.2) is 73.3 Å². The Kier molecular flexibility index (Phi) is 9.30. The van der Waals surface area contributed by atoms with Gasteiger partial charge in [-0.1, -0.05) is 29.8 Å². The molecular formula is C29H31ClN6O4S. The number of hydrogen-bond acceptors (Lipinski definition) is 8. The Labute approximate surface area is 249 Å². The number of nitro groups is 1. The monoisotopic (exact) mass is 594 g/mol. The van der Waals surface area contributed by atoms with Crippen LogP contribution in [0.25, 0.3) is 0 Å². The molecule has 2 fully saturated rings. The number of thiocarbonyl (C=S) groups is 1.